The van der Waals surface area contributed by atoms with Crippen molar-refractivity contribution in [3.8, 4) is 5.75 Å². The number of likely N-dealkylation sites (tertiary alicyclic amines) is 1. The first-order valence-electron chi connectivity index (χ1n) is 10.8. The van der Waals surface area contributed by atoms with Gasteiger partial charge in [0.15, 0.2) is 0 Å². The van der Waals surface area contributed by atoms with Crippen molar-refractivity contribution < 1.29 is 14.9 Å². The van der Waals surface area contributed by atoms with E-state index in [-0.39, 0.29) is 18.4 Å². The zero-order valence-corrected chi connectivity index (χ0v) is 20.1. The van der Waals surface area contributed by atoms with Gasteiger partial charge in [0, 0.05) is 30.9 Å². The number of piperidine rings is 1. The first-order valence-corrected chi connectivity index (χ1v) is 11.2. The molecule has 1 heterocycles. The van der Waals surface area contributed by atoms with E-state index >= 15 is 0 Å². The molecule has 2 atom stereocenters. The van der Waals surface area contributed by atoms with Crippen LogP contribution >= 0.6 is 24.0 Å². The van der Waals surface area contributed by atoms with Crippen LogP contribution in [0.1, 0.15) is 37.0 Å². The van der Waals surface area contributed by atoms with Crippen LogP contribution in [0.3, 0.4) is 0 Å². The second-order valence-corrected chi connectivity index (χ2v) is 9.05. The number of ether oxygens (including phenoxy) is 1. The van der Waals surface area contributed by atoms with Crippen molar-refractivity contribution >= 4 is 34.8 Å². The van der Waals surface area contributed by atoms with E-state index in [1.807, 2.05) is 48.5 Å². The molecule has 0 aliphatic carbocycles. The molecule has 1 fully saturated rings. The molecule has 0 aromatic heterocycles. The van der Waals surface area contributed by atoms with Crippen molar-refractivity contribution in [2.45, 2.75) is 43.9 Å². The fourth-order valence-electron chi connectivity index (χ4n) is 4.61. The normalized spacial score (nSPS) is 18.0. The predicted molar refractivity (Wildman–Crippen MR) is 133 cm³/mol. The number of aliphatic hydroxyl groups excluding tert-OH is 1. The molecule has 0 radical (unpaired) electrons. The Morgan fingerprint density at radius 3 is 2.41 bits per heavy atom. The molecule has 0 amide bonds. The van der Waals surface area contributed by atoms with Crippen LogP contribution in [0.4, 0.5) is 0 Å². The Hall–Kier alpha value is -1.82. The third kappa shape index (κ3) is 5.22. The van der Waals surface area contributed by atoms with Gasteiger partial charge in [0.05, 0.1) is 23.8 Å². The number of nitrogens with zero attached hydrogens (tertiary/aromatic N) is 1. The number of methoxy groups -OCH3 is 1. The lowest BCUT2D eigenvalue weighted by atomic mass is 9.84. The van der Waals surface area contributed by atoms with Crippen LogP contribution in [0, 0.1) is 0 Å². The first kappa shape index (κ1) is 24.8. The second kappa shape index (κ2) is 10.4. The van der Waals surface area contributed by atoms with Crippen LogP contribution in [-0.4, -0.2) is 47.0 Å². The van der Waals surface area contributed by atoms with Crippen molar-refractivity contribution in [3.63, 3.8) is 0 Å². The summed E-state index contributed by atoms with van der Waals surface area (Å²) in [5.74, 6) is 0.645. The van der Waals surface area contributed by atoms with Gasteiger partial charge in [0.2, 0.25) is 0 Å². The third-order valence-electron chi connectivity index (χ3n) is 6.64. The van der Waals surface area contributed by atoms with E-state index in [4.69, 9.17) is 16.3 Å². The van der Waals surface area contributed by atoms with E-state index in [1.54, 1.807) is 7.11 Å². The smallest absolute Gasteiger partial charge is 0.138 e. The van der Waals surface area contributed by atoms with Crippen LogP contribution in [0.25, 0.3) is 10.8 Å². The summed E-state index contributed by atoms with van der Waals surface area (Å²) < 4.78 is 5.29. The largest absolute Gasteiger partial charge is 0.495 e. The molecule has 4 nitrogen and oxygen atoms in total. The van der Waals surface area contributed by atoms with Gasteiger partial charge in [-0.2, -0.15) is 0 Å². The van der Waals surface area contributed by atoms with E-state index in [1.165, 1.54) is 0 Å². The number of hydrogen-bond acceptors (Lipinski definition) is 4. The lowest BCUT2D eigenvalue weighted by Gasteiger charge is -2.42. The minimum atomic E-state index is -0.679. The molecule has 1 aliphatic heterocycles. The summed E-state index contributed by atoms with van der Waals surface area (Å²) in [6.45, 7) is 3.58. The average Bonchev–Trinajstić information content (AvgIpc) is 2.79. The highest BCUT2D eigenvalue weighted by atomic mass is 35.5. The van der Waals surface area contributed by atoms with Gasteiger partial charge in [-0.05, 0) is 48.4 Å². The first-order chi connectivity index (χ1) is 14.9. The SMILES string of the molecule is COc1ccc2cc([C@H](O)[C@H](C)N3CCC(O)(Cc4ccccc4)CC3)ccc2c1Cl.Cl. The zero-order valence-electron chi connectivity index (χ0n) is 18.5. The molecule has 0 bridgehead atoms. The van der Waals surface area contributed by atoms with Gasteiger partial charge in [0.1, 0.15) is 5.75 Å². The van der Waals surface area contributed by atoms with Crippen LogP contribution in [0.15, 0.2) is 60.7 Å². The zero-order chi connectivity index (χ0) is 22.0. The van der Waals surface area contributed by atoms with Crippen molar-refractivity contribution in [2.75, 3.05) is 20.2 Å². The fourth-order valence-corrected chi connectivity index (χ4v) is 4.92. The molecule has 0 unspecified atom stereocenters. The number of aliphatic hydroxyl groups is 2. The van der Waals surface area contributed by atoms with Gasteiger partial charge >= 0.3 is 0 Å². The van der Waals surface area contributed by atoms with Crippen LogP contribution < -0.4 is 4.74 Å². The maximum absolute atomic E-state index is 11.1. The van der Waals surface area contributed by atoms with Crippen molar-refractivity contribution in [1.82, 2.24) is 4.90 Å². The third-order valence-corrected chi connectivity index (χ3v) is 7.03. The number of halogens is 2. The summed E-state index contributed by atoms with van der Waals surface area (Å²) >= 11 is 6.42. The molecule has 1 aliphatic rings. The number of benzene rings is 3. The fraction of sp³-hybridized carbons (Fsp3) is 0.385. The van der Waals surface area contributed by atoms with Crippen molar-refractivity contribution in [3.05, 3.63) is 76.8 Å². The Morgan fingerprint density at radius 1 is 1.06 bits per heavy atom. The number of fused-ring (bicyclic) bond motifs is 1. The summed E-state index contributed by atoms with van der Waals surface area (Å²) in [6, 6.07) is 19.8. The molecule has 0 spiro atoms. The molecule has 4 rings (SSSR count). The summed E-state index contributed by atoms with van der Waals surface area (Å²) in [4.78, 5) is 2.27. The standard InChI is InChI=1S/C26H30ClNO3.ClH/c1-18(28-14-12-26(30,13-15-28)17-19-6-4-3-5-7-19)25(29)21-8-10-22-20(16-21)9-11-23(31-2)24(22)27;/h3-11,16,18,25,29-30H,12-15,17H2,1-2H3;1H/t18-,25+;/m0./s1. The lowest BCUT2D eigenvalue weighted by Crippen LogP contribution is -2.49. The van der Waals surface area contributed by atoms with Gasteiger partial charge < -0.3 is 14.9 Å². The van der Waals surface area contributed by atoms with E-state index in [9.17, 15) is 10.2 Å². The maximum Gasteiger partial charge on any atom is 0.138 e. The Bertz CT molecular complexity index is 1040. The Balaban J connectivity index is 0.00000289. The van der Waals surface area contributed by atoms with Crippen LogP contribution in [0.5, 0.6) is 5.75 Å². The summed E-state index contributed by atoms with van der Waals surface area (Å²) in [6.07, 6.45) is 1.46. The minimum Gasteiger partial charge on any atom is -0.495 e. The summed E-state index contributed by atoms with van der Waals surface area (Å²) in [5, 5.41) is 24.6. The van der Waals surface area contributed by atoms with Crippen LogP contribution in [0.2, 0.25) is 5.02 Å². The highest BCUT2D eigenvalue weighted by Crippen LogP contribution is 2.35. The lowest BCUT2D eigenvalue weighted by molar-refractivity contribution is -0.0456. The molecular formula is C26H31Cl2NO3. The molecule has 32 heavy (non-hydrogen) atoms. The van der Waals surface area contributed by atoms with Crippen LogP contribution in [-0.2, 0) is 6.42 Å². The van der Waals surface area contributed by atoms with Crippen molar-refractivity contribution in [2.24, 2.45) is 0 Å². The Kier molecular flexibility index (Phi) is 8.07. The van der Waals surface area contributed by atoms with Crippen molar-refractivity contribution in [1.29, 1.82) is 0 Å². The molecule has 1 saturated heterocycles. The highest BCUT2D eigenvalue weighted by molar-refractivity contribution is 6.37. The number of hydrogen-bond donors (Lipinski definition) is 2. The highest BCUT2D eigenvalue weighted by Gasteiger charge is 2.35. The molecular weight excluding hydrogens is 445 g/mol. The monoisotopic (exact) mass is 475 g/mol. The predicted octanol–water partition coefficient (Wildman–Crippen LogP) is 5.42. The molecule has 3 aromatic carbocycles. The van der Waals surface area contributed by atoms with E-state index in [0.29, 0.717) is 30.0 Å². The average molecular weight is 476 g/mol. The minimum absolute atomic E-state index is 0. The topological polar surface area (TPSA) is 52.9 Å². The van der Waals surface area contributed by atoms with Gasteiger partial charge in [-0.25, -0.2) is 0 Å². The Labute approximate surface area is 201 Å². The maximum atomic E-state index is 11.1. The molecule has 3 aromatic rings. The molecule has 0 saturated carbocycles. The number of rotatable bonds is 6. The molecule has 6 heteroatoms. The Morgan fingerprint density at radius 2 is 1.75 bits per heavy atom. The summed E-state index contributed by atoms with van der Waals surface area (Å²) in [5.41, 5.74) is 1.35. The van der Waals surface area contributed by atoms with Gasteiger partial charge in [-0.3, -0.25) is 4.90 Å². The van der Waals surface area contributed by atoms with Gasteiger partial charge in [0.25, 0.3) is 0 Å². The second-order valence-electron chi connectivity index (χ2n) is 8.67. The van der Waals surface area contributed by atoms with E-state index in [0.717, 1.165) is 35.0 Å². The quantitative estimate of drug-likeness (QED) is 0.499. The van der Waals surface area contributed by atoms with Gasteiger partial charge in [-0.1, -0.05) is 60.1 Å². The molecule has 172 valence electrons. The van der Waals surface area contributed by atoms with E-state index in [2.05, 4.69) is 24.0 Å². The summed E-state index contributed by atoms with van der Waals surface area (Å²) in [7, 11) is 1.60. The molecule has 2 N–H and O–H groups in total. The van der Waals surface area contributed by atoms with Gasteiger partial charge in [-0.15, -0.1) is 12.4 Å². The van der Waals surface area contributed by atoms with E-state index < -0.39 is 11.7 Å².